The van der Waals surface area contributed by atoms with E-state index in [-0.39, 0.29) is 17.9 Å². The fraction of sp³-hybridized carbons (Fsp3) is 0.263. The van der Waals surface area contributed by atoms with Gasteiger partial charge in [0.2, 0.25) is 5.91 Å². The van der Waals surface area contributed by atoms with Crippen molar-refractivity contribution in [3.63, 3.8) is 0 Å². The van der Waals surface area contributed by atoms with Crippen molar-refractivity contribution in [1.29, 1.82) is 0 Å². The maximum atomic E-state index is 13.3. The Hall–Kier alpha value is -2.47. The van der Waals surface area contributed by atoms with Crippen molar-refractivity contribution < 1.29 is 9.59 Å². The van der Waals surface area contributed by atoms with Crippen molar-refractivity contribution in [2.75, 3.05) is 18.0 Å². The second-order valence-corrected chi connectivity index (χ2v) is 7.43. The summed E-state index contributed by atoms with van der Waals surface area (Å²) in [7, 11) is 0. The maximum Gasteiger partial charge on any atom is 0.329 e. The van der Waals surface area contributed by atoms with Crippen LogP contribution in [0.15, 0.2) is 58.3 Å². The second-order valence-electron chi connectivity index (χ2n) is 6.34. The lowest BCUT2D eigenvalue weighted by molar-refractivity contribution is -0.123. The van der Waals surface area contributed by atoms with E-state index >= 15 is 0 Å². The van der Waals surface area contributed by atoms with Crippen LogP contribution in [-0.2, 0) is 4.79 Å². The maximum absolute atomic E-state index is 13.3. The number of carbonyl (C=O) groups excluding carboxylic acids is 2. The van der Waals surface area contributed by atoms with Gasteiger partial charge in [-0.3, -0.25) is 9.69 Å². The molecule has 4 rings (SSSR count). The number of rotatable bonds is 1. The number of hydrogen-bond donors (Lipinski definition) is 1. The Labute approximate surface area is 150 Å². The van der Waals surface area contributed by atoms with E-state index in [4.69, 9.17) is 5.73 Å². The van der Waals surface area contributed by atoms with Crippen LogP contribution in [-0.4, -0.2) is 29.9 Å². The van der Waals surface area contributed by atoms with E-state index in [1.165, 1.54) is 0 Å². The number of urea groups is 1. The molecule has 2 N–H and O–H groups in total. The number of carbonyl (C=O) groups is 2. The smallest absolute Gasteiger partial charge is 0.329 e. The minimum absolute atomic E-state index is 0.0915. The summed E-state index contributed by atoms with van der Waals surface area (Å²) in [6.07, 6.45) is 1.55. The Morgan fingerprint density at radius 1 is 1.00 bits per heavy atom. The van der Waals surface area contributed by atoms with E-state index in [9.17, 15) is 9.59 Å². The summed E-state index contributed by atoms with van der Waals surface area (Å²) < 4.78 is 0. The van der Waals surface area contributed by atoms with Gasteiger partial charge in [-0.1, -0.05) is 36.0 Å². The molecule has 2 aliphatic rings. The van der Waals surface area contributed by atoms with Crippen molar-refractivity contribution in [2.24, 2.45) is 11.7 Å². The van der Waals surface area contributed by atoms with Crippen molar-refractivity contribution in [3.05, 3.63) is 48.5 Å². The van der Waals surface area contributed by atoms with Crippen LogP contribution in [0.25, 0.3) is 0 Å². The Kier molecular flexibility index (Phi) is 4.13. The zero-order chi connectivity index (χ0) is 17.4. The Morgan fingerprint density at radius 3 is 2.20 bits per heavy atom. The Balaban J connectivity index is 1.72. The molecule has 0 spiro atoms. The molecule has 1 atom stereocenters. The van der Waals surface area contributed by atoms with E-state index in [0.717, 1.165) is 34.0 Å². The number of hydrogen-bond acceptors (Lipinski definition) is 3. The number of piperidine rings is 1. The molecule has 0 aliphatic carbocycles. The molecular weight excluding hydrogens is 334 g/mol. The molecule has 0 radical (unpaired) electrons. The molecule has 25 heavy (non-hydrogen) atoms. The molecule has 2 aromatic rings. The van der Waals surface area contributed by atoms with Gasteiger partial charge in [-0.05, 0) is 37.1 Å². The molecule has 0 aromatic heterocycles. The molecule has 2 aromatic carbocycles. The van der Waals surface area contributed by atoms with Crippen molar-refractivity contribution in [3.8, 4) is 0 Å². The Morgan fingerprint density at radius 2 is 1.60 bits per heavy atom. The first-order valence-electron chi connectivity index (χ1n) is 8.39. The van der Waals surface area contributed by atoms with Crippen LogP contribution in [0.4, 0.5) is 16.2 Å². The minimum atomic E-state index is -0.326. The van der Waals surface area contributed by atoms with Gasteiger partial charge in [0.05, 0.1) is 17.3 Å². The van der Waals surface area contributed by atoms with Gasteiger partial charge in [-0.15, -0.1) is 0 Å². The normalized spacial score (nSPS) is 19.1. The average Bonchev–Trinajstić information content (AvgIpc) is 2.65. The molecular formula is C19H19N3O2S. The van der Waals surface area contributed by atoms with Gasteiger partial charge < -0.3 is 10.6 Å². The summed E-state index contributed by atoms with van der Waals surface area (Å²) in [5, 5.41) is 0. The number of benzene rings is 2. The molecule has 6 heteroatoms. The third-order valence-corrected chi connectivity index (χ3v) is 5.85. The Bertz CT molecular complexity index is 793. The highest BCUT2D eigenvalue weighted by Gasteiger charge is 2.34. The third-order valence-electron chi connectivity index (χ3n) is 4.72. The fourth-order valence-corrected chi connectivity index (χ4v) is 4.49. The lowest BCUT2D eigenvalue weighted by atomic mass is 9.98. The molecule has 128 valence electrons. The molecule has 1 fully saturated rings. The van der Waals surface area contributed by atoms with Crippen LogP contribution in [0.2, 0.25) is 0 Å². The quantitative estimate of drug-likeness (QED) is 0.852. The highest BCUT2D eigenvalue weighted by molar-refractivity contribution is 7.99. The van der Waals surface area contributed by atoms with E-state index in [1.54, 1.807) is 21.6 Å². The zero-order valence-electron chi connectivity index (χ0n) is 13.7. The van der Waals surface area contributed by atoms with Gasteiger partial charge in [-0.25, -0.2) is 4.79 Å². The molecule has 0 bridgehead atoms. The van der Waals surface area contributed by atoms with Crippen LogP contribution in [0.5, 0.6) is 0 Å². The predicted octanol–water partition coefficient (Wildman–Crippen LogP) is 3.61. The summed E-state index contributed by atoms with van der Waals surface area (Å²) in [5.74, 6) is -0.588. The molecule has 2 aliphatic heterocycles. The summed E-state index contributed by atoms with van der Waals surface area (Å²) in [6, 6.07) is 15.7. The van der Waals surface area contributed by atoms with E-state index in [0.29, 0.717) is 13.1 Å². The standard InChI is InChI=1S/C19H19N3O2S/c20-18(23)13-6-5-11-21(12-13)19(24)22-14-7-1-3-9-16(14)25-17-10-4-2-8-15(17)22/h1-4,7-10,13H,5-6,11-12H2,(H2,20,23). The van der Waals surface area contributed by atoms with Crippen molar-refractivity contribution in [1.82, 2.24) is 4.90 Å². The lowest BCUT2D eigenvalue weighted by Crippen LogP contribution is -2.49. The van der Waals surface area contributed by atoms with Gasteiger partial charge in [0.25, 0.3) is 0 Å². The van der Waals surface area contributed by atoms with Gasteiger partial charge in [0.15, 0.2) is 0 Å². The monoisotopic (exact) mass is 353 g/mol. The number of fused-ring (bicyclic) bond motifs is 2. The molecule has 1 saturated heterocycles. The SMILES string of the molecule is NC(=O)C1CCCN(C(=O)N2c3ccccc3Sc3ccccc32)C1. The van der Waals surface area contributed by atoms with Crippen molar-refractivity contribution in [2.45, 2.75) is 22.6 Å². The van der Waals surface area contributed by atoms with Crippen LogP contribution in [0, 0.1) is 5.92 Å². The van der Waals surface area contributed by atoms with Crippen molar-refractivity contribution >= 4 is 35.1 Å². The first-order chi connectivity index (χ1) is 12.1. The molecule has 3 amide bonds. The van der Waals surface area contributed by atoms with Gasteiger partial charge in [-0.2, -0.15) is 0 Å². The van der Waals surface area contributed by atoms with Gasteiger partial charge in [0, 0.05) is 22.9 Å². The lowest BCUT2D eigenvalue weighted by Gasteiger charge is -2.38. The number of likely N-dealkylation sites (tertiary alicyclic amines) is 1. The zero-order valence-corrected chi connectivity index (χ0v) is 14.5. The molecule has 5 nitrogen and oxygen atoms in total. The summed E-state index contributed by atoms with van der Waals surface area (Å²) in [4.78, 5) is 30.5. The van der Waals surface area contributed by atoms with E-state index in [2.05, 4.69) is 0 Å². The molecule has 0 saturated carbocycles. The summed E-state index contributed by atoms with van der Waals surface area (Å²) >= 11 is 1.67. The first kappa shape index (κ1) is 16.0. The number of primary amides is 1. The second kappa shape index (κ2) is 6.44. The minimum Gasteiger partial charge on any atom is -0.369 e. The topological polar surface area (TPSA) is 66.6 Å². The van der Waals surface area contributed by atoms with Gasteiger partial charge >= 0.3 is 6.03 Å². The number of nitrogens with zero attached hydrogens (tertiary/aromatic N) is 2. The summed E-state index contributed by atoms with van der Waals surface area (Å²) in [5.41, 5.74) is 7.24. The van der Waals surface area contributed by atoms with E-state index < -0.39 is 0 Å². The fourth-order valence-electron chi connectivity index (χ4n) is 3.44. The number of para-hydroxylation sites is 2. The van der Waals surface area contributed by atoms with Gasteiger partial charge in [0.1, 0.15) is 0 Å². The largest absolute Gasteiger partial charge is 0.369 e. The number of nitrogens with two attached hydrogens (primary N) is 1. The summed E-state index contributed by atoms with van der Waals surface area (Å²) in [6.45, 7) is 1.04. The third kappa shape index (κ3) is 2.87. The number of anilines is 2. The predicted molar refractivity (Wildman–Crippen MR) is 98.0 cm³/mol. The molecule has 1 unspecified atom stereocenters. The molecule has 2 heterocycles. The average molecular weight is 353 g/mol. The van der Waals surface area contributed by atoms with Crippen LogP contribution in [0.1, 0.15) is 12.8 Å². The van der Waals surface area contributed by atoms with Crippen LogP contribution in [0.3, 0.4) is 0 Å². The van der Waals surface area contributed by atoms with Crippen LogP contribution < -0.4 is 10.6 Å². The first-order valence-corrected chi connectivity index (χ1v) is 9.21. The number of amides is 3. The van der Waals surface area contributed by atoms with E-state index in [1.807, 2.05) is 48.5 Å². The highest BCUT2D eigenvalue weighted by atomic mass is 32.2. The highest BCUT2D eigenvalue weighted by Crippen LogP contribution is 2.48. The van der Waals surface area contributed by atoms with Crippen LogP contribution >= 0.6 is 11.8 Å².